The molecule has 0 spiro atoms. The average Bonchev–Trinajstić information content (AvgIpc) is 3.57. The minimum Gasteiger partial charge on any atom is -0.336 e. The van der Waals surface area contributed by atoms with Crippen LogP contribution < -0.4 is 0 Å². The Bertz CT molecular complexity index is 709. The van der Waals surface area contributed by atoms with Gasteiger partial charge in [-0.15, -0.1) is 0 Å². The molecule has 2 fully saturated rings. The number of hydrogen-bond donors (Lipinski definition) is 0. The topological polar surface area (TPSA) is 23.6 Å². The van der Waals surface area contributed by atoms with E-state index in [2.05, 4.69) is 41.0 Å². The van der Waals surface area contributed by atoms with Gasteiger partial charge < -0.3 is 9.80 Å². The molecule has 0 radical (unpaired) electrons. The Balaban J connectivity index is 1.59. The fourth-order valence-electron chi connectivity index (χ4n) is 4.67. The lowest BCUT2D eigenvalue weighted by Gasteiger charge is -2.40. The smallest absolute Gasteiger partial charge is 0.235 e. The van der Waals surface area contributed by atoms with Gasteiger partial charge in [0.25, 0.3) is 0 Å². The number of benzene rings is 2. The summed E-state index contributed by atoms with van der Waals surface area (Å²) in [5.74, 6) is 0.102. The van der Waals surface area contributed by atoms with Gasteiger partial charge in [0.1, 0.15) is 0 Å². The van der Waals surface area contributed by atoms with Gasteiger partial charge in [-0.05, 0) is 49.8 Å². The summed E-state index contributed by atoms with van der Waals surface area (Å²) in [6.07, 6.45) is 5.76. The van der Waals surface area contributed by atoms with Crippen molar-refractivity contribution in [2.75, 3.05) is 19.6 Å². The highest BCUT2D eigenvalue weighted by Crippen LogP contribution is 2.37. The van der Waals surface area contributed by atoms with Crippen molar-refractivity contribution < 1.29 is 4.79 Å². The molecule has 0 bridgehead atoms. The SMILES string of the molecule is CCCN1CCC(N(C(=O)C(c2ccccc2)c2ccccc2)C2CC2)CC1. The molecule has 1 saturated heterocycles. The zero-order chi connectivity index (χ0) is 19.3. The number of nitrogens with zero attached hydrogens (tertiary/aromatic N) is 2. The molecule has 1 amide bonds. The van der Waals surface area contributed by atoms with Crippen LogP contribution in [0, 0.1) is 0 Å². The van der Waals surface area contributed by atoms with E-state index in [-0.39, 0.29) is 5.92 Å². The maximum Gasteiger partial charge on any atom is 0.235 e. The summed E-state index contributed by atoms with van der Waals surface area (Å²) < 4.78 is 0. The van der Waals surface area contributed by atoms with Crippen LogP contribution in [0.5, 0.6) is 0 Å². The second-order valence-electron chi connectivity index (χ2n) is 8.30. The molecule has 2 aromatic carbocycles. The zero-order valence-corrected chi connectivity index (χ0v) is 17.0. The molecule has 1 aliphatic carbocycles. The van der Waals surface area contributed by atoms with Crippen molar-refractivity contribution in [1.82, 2.24) is 9.80 Å². The summed E-state index contributed by atoms with van der Waals surface area (Å²) in [7, 11) is 0. The minimum atomic E-state index is -0.198. The Hall–Kier alpha value is -2.13. The molecule has 148 valence electrons. The number of likely N-dealkylation sites (tertiary alicyclic amines) is 1. The highest BCUT2D eigenvalue weighted by atomic mass is 16.2. The number of rotatable bonds is 7. The van der Waals surface area contributed by atoms with Crippen LogP contribution in [0.2, 0.25) is 0 Å². The van der Waals surface area contributed by atoms with E-state index in [0.29, 0.717) is 18.0 Å². The first-order valence-electron chi connectivity index (χ1n) is 10.9. The molecule has 2 aromatic rings. The third-order valence-corrected chi connectivity index (χ3v) is 6.20. The van der Waals surface area contributed by atoms with Crippen molar-refractivity contribution in [3.8, 4) is 0 Å². The molecule has 1 aliphatic heterocycles. The maximum atomic E-state index is 13.9. The van der Waals surface area contributed by atoms with Gasteiger partial charge in [-0.1, -0.05) is 67.6 Å². The number of carbonyl (C=O) groups excluding carboxylic acids is 1. The van der Waals surface area contributed by atoms with E-state index in [1.807, 2.05) is 36.4 Å². The fraction of sp³-hybridized carbons (Fsp3) is 0.480. The van der Waals surface area contributed by atoms with Gasteiger partial charge in [0.15, 0.2) is 0 Å². The third-order valence-electron chi connectivity index (χ3n) is 6.20. The van der Waals surface area contributed by atoms with Gasteiger partial charge in [0.2, 0.25) is 5.91 Å². The second kappa shape index (κ2) is 8.91. The molecule has 0 aromatic heterocycles. The molecular weight excluding hydrogens is 344 g/mol. The normalized spacial score (nSPS) is 18.4. The first kappa shape index (κ1) is 19.2. The molecular formula is C25H32N2O. The van der Waals surface area contributed by atoms with Crippen LogP contribution in [0.3, 0.4) is 0 Å². The average molecular weight is 377 g/mol. The van der Waals surface area contributed by atoms with E-state index in [4.69, 9.17) is 0 Å². The zero-order valence-electron chi connectivity index (χ0n) is 17.0. The summed E-state index contributed by atoms with van der Waals surface area (Å²) >= 11 is 0. The predicted molar refractivity (Wildman–Crippen MR) is 114 cm³/mol. The van der Waals surface area contributed by atoms with E-state index in [1.165, 1.54) is 13.0 Å². The molecule has 1 saturated carbocycles. The van der Waals surface area contributed by atoms with Crippen LogP contribution in [-0.2, 0) is 4.79 Å². The molecule has 28 heavy (non-hydrogen) atoms. The molecule has 2 aliphatic rings. The molecule has 3 nitrogen and oxygen atoms in total. The van der Waals surface area contributed by atoms with Crippen LogP contribution >= 0.6 is 0 Å². The van der Waals surface area contributed by atoms with Gasteiger partial charge in [-0.3, -0.25) is 4.79 Å². The Morgan fingerprint density at radius 2 is 1.39 bits per heavy atom. The Labute approximate surface area is 169 Å². The van der Waals surface area contributed by atoms with Crippen molar-refractivity contribution in [3.63, 3.8) is 0 Å². The third kappa shape index (κ3) is 4.30. The Morgan fingerprint density at radius 1 is 0.893 bits per heavy atom. The fourth-order valence-corrected chi connectivity index (χ4v) is 4.67. The van der Waals surface area contributed by atoms with Crippen molar-refractivity contribution in [2.45, 2.75) is 57.0 Å². The lowest BCUT2D eigenvalue weighted by Crippen LogP contribution is -2.50. The van der Waals surface area contributed by atoms with Gasteiger partial charge in [-0.2, -0.15) is 0 Å². The standard InChI is InChI=1S/C25H32N2O/c1-2-17-26-18-15-23(16-19-26)27(22-13-14-22)25(28)24(20-9-5-3-6-10-20)21-11-7-4-8-12-21/h3-12,22-24H,2,13-19H2,1H3. The number of carbonyl (C=O) groups is 1. The first-order valence-corrected chi connectivity index (χ1v) is 10.9. The molecule has 0 atom stereocenters. The molecule has 0 N–H and O–H groups in total. The van der Waals surface area contributed by atoms with Crippen LogP contribution in [0.15, 0.2) is 60.7 Å². The van der Waals surface area contributed by atoms with Crippen LogP contribution in [0.4, 0.5) is 0 Å². The summed E-state index contributed by atoms with van der Waals surface area (Å²) in [5.41, 5.74) is 2.21. The largest absolute Gasteiger partial charge is 0.336 e. The van der Waals surface area contributed by atoms with Crippen molar-refractivity contribution in [3.05, 3.63) is 71.8 Å². The van der Waals surface area contributed by atoms with E-state index in [1.54, 1.807) is 0 Å². The first-order chi connectivity index (χ1) is 13.8. The van der Waals surface area contributed by atoms with E-state index in [9.17, 15) is 4.79 Å². The quantitative estimate of drug-likeness (QED) is 0.700. The molecule has 0 unspecified atom stereocenters. The van der Waals surface area contributed by atoms with Crippen molar-refractivity contribution in [2.24, 2.45) is 0 Å². The van der Waals surface area contributed by atoms with Crippen LogP contribution in [0.1, 0.15) is 56.1 Å². The predicted octanol–water partition coefficient (Wildman–Crippen LogP) is 4.68. The summed E-state index contributed by atoms with van der Waals surface area (Å²) in [6.45, 7) is 5.67. The maximum absolute atomic E-state index is 13.9. The Morgan fingerprint density at radius 3 is 1.86 bits per heavy atom. The van der Waals surface area contributed by atoms with Crippen molar-refractivity contribution >= 4 is 5.91 Å². The summed E-state index contributed by atoms with van der Waals surface area (Å²) in [5, 5.41) is 0. The van der Waals surface area contributed by atoms with E-state index >= 15 is 0 Å². The highest BCUT2D eigenvalue weighted by molar-refractivity contribution is 5.88. The van der Waals surface area contributed by atoms with E-state index in [0.717, 1.165) is 49.9 Å². The summed E-state index contributed by atoms with van der Waals surface area (Å²) in [6, 6.07) is 21.5. The lowest BCUT2D eigenvalue weighted by molar-refractivity contribution is -0.136. The molecule has 4 rings (SSSR count). The lowest BCUT2D eigenvalue weighted by atomic mass is 9.88. The Kier molecular flexibility index (Phi) is 6.11. The number of piperidine rings is 1. The number of hydrogen-bond acceptors (Lipinski definition) is 2. The van der Waals surface area contributed by atoms with Gasteiger partial charge in [0, 0.05) is 25.2 Å². The molecule has 3 heteroatoms. The van der Waals surface area contributed by atoms with Gasteiger partial charge in [0.05, 0.1) is 5.92 Å². The summed E-state index contributed by atoms with van der Waals surface area (Å²) in [4.78, 5) is 18.8. The number of amides is 1. The second-order valence-corrected chi connectivity index (χ2v) is 8.30. The van der Waals surface area contributed by atoms with Gasteiger partial charge >= 0.3 is 0 Å². The molecule has 1 heterocycles. The van der Waals surface area contributed by atoms with Crippen LogP contribution in [0.25, 0.3) is 0 Å². The van der Waals surface area contributed by atoms with Crippen molar-refractivity contribution in [1.29, 1.82) is 0 Å². The highest BCUT2D eigenvalue weighted by Gasteiger charge is 2.41. The minimum absolute atomic E-state index is 0.198. The van der Waals surface area contributed by atoms with E-state index < -0.39 is 0 Å². The van der Waals surface area contributed by atoms with Crippen LogP contribution in [-0.4, -0.2) is 47.4 Å². The van der Waals surface area contributed by atoms with Gasteiger partial charge in [-0.25, -0.2) is 0 Å². The monoisotopic (exact) mass is 376 g/mol.